The largest absolute Gasteiger partial charge is 0.490 e. The summed E-state index contributed by atoms with van der Waals surface area (Å²) in [5, 5.41) is 19.2. The molecule has 0 spiro atoms. The number of carbonyl (C=O) groups excluding carboxylic acids is 1. The molecule has 1 aliphatic heterocycles. The molecule has 1 saturated heterocycles. The van der Waals surface area contributed by atoms with Gasteiger partial charge in [-0.1, -0.05) is 17.3 Å². The Morgan fingerprint density at radius 3 is 2.67 bits per heavy atom. The molecule has 1 saturated carbocycles. The van der Waals surface area contributed by atoms with E-state index in [4.69, 9.17) is 9.26 Å². The smallest absolute Gasteiger partial charge is 0.179 e. The van der Waals surface area contributed by atoms with Crippen LogP contribution >= 0.6 is 0 Å². The third kappa shape index (κ3) is 4.88. The fourth-order valence-electron chi connectivity index (χ4n) is 5.56. The zero-order chi connectivity index (χ0) is 24.3. The lowest BCUT2D eigenvalue weighted by Crippen LogP contribution is -2.41. The zero-order valence-electron chi connectivity index (χ0n) is 20.2. The summed E-state index contributed by atoms with van der Waals surface area (Å²) >= 11 is 0. The maximum absolute atomic E-state index is 11.0. The van der Waals surface area contributed by atoms with E-state index in [1.807, 2.05) is 42.5 Å². The molecule has 9 heteroatoms. The molecule has 0 bridgehead atoms. The molecule has 4 aromatic rings. The summed E-state index contributed by atoms with van der Waals surface area (Å²) in [6.45, 7) is 3.27. The van der Waals surface area contributed by atoms with Crippen LogP contribution in [0.15, 0.2) is 47.0 Å². The number of ether oxygens (including phenoxy) is 1. The van der Waals surface area contributed by atoms with Crippen molar-refractivity contribution in [3.05, 3.63) is 42.5 Å². The van der Waals surface area contributed by atoms with E-state index in [9.17, 15) is 4.79 Å². The minimum Gasteiger partial charge on any atom is -0.490 e. The van der Waals surface area contributed by atoms with Crippen LogP contribution in [0.2, 0.25) is 0 Å². The summed E-state index contributed by atoms with van der Waals surface area (Å²) in [5.41, 5.74) is 2.57. The summed E-state index contributed by atoms with van der Waals surface area (Å²) in [5.74, 6) is 3.16. The molecule has 9 nitrogen and oxygen atoms in total. The molecular weight excluding hydrogens is 456 g/mol. The summed E-state index contributed by atoms with van der Waals surface area (Å²) < 4.78 is 12.1. The maximum atomic E-state index is 11.0. The van der Waals surface area contributed by atoms with Gasteiger partial charge >= 0.3 is 0 Å². The second kappa shape index (κ2) is 10.2. The van der Waals surface area contributed by atoms with E-state index < -0.39 is 0 Å². The third-order valence-electron chi connectivity index (χ3n) is 7.63. The van der Waals surface area contributed by atoms with Crippen molar-refractivity contribution in [1.82, 2.24) is 30.7 Å². The highest BCUT2D eigenvalue weighted by molar-refractivity contribution is 5.94. The number of likely N-dealkylation sites (tertiary alicyclic amines) is 1. The van der Waals surface area contributed by atoms with Crippen LogP contribution in [0, 0.1) is 11.8 Å². The van der Waals surface area contributed by atoms with Crippen LogP contribution in [0.3, 0.4) is 0 Å². The predicted molar refractivity (Wildman–Crippen MR) is 134 cm³/mol. The highest BCUT2D eigenvalue weighted by Gasteiger charge is 2.26. The Kier molecular flexibility index (Phi) is 6.46. The molecule has 1 N–H and O–H groups in total. The first-order chi connectivity index (χ1) is 17.7. The Morgan fingerprint density at radius 1 is 1.03 bits per heavy atom. The number of rotatable bonds is 7. The summed E-state index contributed by atoms with van der Waals surface area (Å²) in [6, 6.07) is 13.8. The SMILES string of the molecule is O=C[C@H]1CC[C@H](CN2CCC(Oc3cccc(-c4onc5ccc(-c6nnn[nH]6)cc45)c3)CC2)CC1. The van der Waals surface area contributed by atoms with Gasteiger partial charge in [0, 0.05) is 36.7 Å². The average molecular weight is 487 g/mol. The van der Waals surface area contributed by atoms with Crippen LogP contribution in [-0.4, -0.2) is 62.7 Å². The number of nitrogens with one attached hydrogen (secondary N) is 1. The van der Waals surface area contributed by atoms with Gasteiger partial charge in [0.2, 0.25) is 0 Å². The van der Waals surface area contributed by atoms with Gasteiger partial charge in [-0.15, -0.1) is 5.10 Å². The van der Waals surface area contributed by atoms with Crippen molar-refractivity contribution in [1.29, 1.82) is 0 Å². The lowest BCUT2D eigenvalue weighted by molar-refractivity contribution is -0.112. The molecule has 2 aromatic heterocycles. The van der Waals surface area contributed by atoms with Crippen LogP contribution < -0.4 is 4.74 Å². The van der Waals surface area contributed by atoms with Crippen LogP contribution in [0.5, 0.6) is 5.75 Å². The van der Waals surface area contributed by atoms with Crippen molar-refractivity contribution in [2.75, 3.05) is 19.6 Å². The number of tetrazole rings is 1. The van der Waals surface area contributed by atoms with Gasteiger partial charge in [-0.3, -0.25) is 0 Å². The Balaban J connectivity index is 1.09. The standard InChI is InChI=1S/C27H30N6O3/c34-17-19-6-4-18(5-7-19)16-33-12-10-22(11-13-33)35-23-3-1-2-20(14-23)26-24-15-21(27-28-31-32-29-27)8-9-25(24)30-36-26/h1-3,8-9,14-15,17-19,22H,4-7,10-13,16H2,(H,28,29,31,32)/t18-,19-. The molecule has 186 valence electrons. The Morgan fingerprint density at radius 2 is 1.89 bits per heavy atom. The zero-order valence-corrected chi connectivity index (χ0v) is 20.2. The second-order valence-corrected chi connectivity index (χ2v) is 10.1. The van der Waals surface area contributed by atoms with Crippen molar-refractivity contribution < 1.29 is 14.1 Å². The van der Waals surface area contributed by atoms with Gasteiger partial charge in [0.25, 0.3) is 0 Å². The first kappa shape index (κ1) is 22.8. The monoisotopic (exact) mass is 486 g/mol. The van der Waals surface area contributed by atoms with E-state index in [0.29, 0.717) is 17.5 Å². The Labute approximate surface area is 209 Å². The van der Waals surface area contributed by atoms with Crippen molar-refractivity contribution in [2.24, 2.45) is 11.8 Å². The van der Waals surface area contributed by atoms with Crippen LogP contribution in [0.4, 0.5) is 0 Å². The fraction of sp³-hybridized carbons (Fsp3) is 0.444. The molecule has 0 atom stereocenters. The number of aromatic amines is 1. The number of carbonyl (C=O) groups is 1. The number of H-pyrrole nitrogens is 1. The van der Waals surface area contributed by atoms with Gasteiger partial charge in [0.1, 0.15) is 23.7 Å². The first-order valence-corrected chi connectivity index (χ1v) is 12.8. The van der Waals surface area contributed by atoms with Crippen molar-refractivity contribution in [3.8, 4) is 28.5 Å². The molecule has 2 fully saturated rings. The maximum Gasteiger partial charge on any atom is 0.179 e. The number of hydrogen-bond donors (Lipinski definition) is 1. The highest BCUT2D eigenvalue weighted by atomic mass is 16.5. The van der Waals surface area contributed by atoms with Gasteiger partial charge in [-0.05, 0) is 85.2 Å². The number of piperidine rings is 1. The molecule has 0 radical (unpaired) electrons. The minimum absolute atomic E-state index is 0.208. The number of aldehydes is 1. The number of hydrogen-bond acceptors (Lipinski definition) is 8. The average Bonchev–Trinajstić information content (AvgIpc) is 3.61. The second-order valence-electron chi connectivity index (χ2n) is 10.1. The molecule has 2 aliphatic rings. The lowest BCUT2D eigenvalue weighted by Gasteiger charge is -2.36. The van der Waals surface area contributed by atoms with Crippen LogP contribution in [-0.2, 0) is 4.79 Å². The van der Waals surface area contributed by atoms with Crippen LogP contribution in [0.25, 0.3) is 33.6 Å². The van der Waals surface area contributed by atoms with E-state index in [-0.39, 0.29) is 6.10 Å². The number of benzene rings is 2. The van der Waals surface area contributed by atoms with E-state index in [0.717, 1.165) is 85.3 Å². The predicted octanol–water partition coefficient (Wildman–Crippen LogP) is 4.52. The highest BCUT2D eigenvalue weighted by Crippen LogP contribution is 2.34. The van der Waals surface area contributed by atoms with E-state index >= 15 is 0 Å². The summed E-state index contributed by atoms with van der Waals surface area (Å²) in [6.07, 6.45) is 7.87. The molecule has 0 amide bonds. The number of aromatic nitrogens is 5. The molecule has 6 rings (SSSR count). The topological polar surface area (TPSA) is 110 Å². The van der Waals surface area contributed by atoms with E-state index in [2.05, 4.69) is 30.7 Å². The van der Waals surface area contributed by atoms with Crippen molar-refractivity contribution in [2.45, 2.75) is 44.6 Å². The molecule has 2 aromatic carbocycles. The van der Waals surface area contributed by atoms with Crippen molar-refractivity contribution >= 4 is 17.2 Å². The summed E-state index contributed by atoms with van der Waals surface area (Å²) in [4.78, 5) is 13.6. The van der Waals surface area contributed by atoms with E-state index in [1.54, 1.807) is 0 Å². The molecule has 0 unspecified atom stereocenters. The Hall–Kier alpha value is -3.59. The number of fused-ring (bicyclic) bond motifs is 1. The third-order valence-corrected chi connectivity index (χ3v) is 7.63. The Bertz CT molecular complexity index is 1300. The van der Waals surface area contributed by atoms with E-state index in [1.165, 1.54) is 12.8 Å². The minimum atomic E-state index is 0.208. The fourth-order valence-corrected chi connectivity index (χ4v) is 5.56. The van der Waals surface area contributed by atoms with Gasteiger partial charge in [-0.25, -0.2) is 5.10 Å². The van der Waals surface area contributed by atoms with Gasteiger partial charge in [-0.2, -0.15) is 0 Å². The molecule has 36 heavy (non-hydrogen) atoms. The normalized spacial score (nSPS) is 21.6. The quantitative estimate of drug-likeness (QED) is 0.380. The van der Waals surface area contributed by atoms with Gasteiger partial charge < -0.3 is 19.0 Å². The first-order valence-electron chi connectivity index (χ1n) is 12.8. The molecular formula is C27H30N6O3. The van der Waals surface area contributed by atoms with Crippen molar-refractivity contribution in [3.63, 3.8) is 0 Å². The lowest BCUT2D eigenvalue weighted by atomic mass is 9.82. The molecule has 3 heterocycles. The molecule has 1 aliphatic carbocycles. The van der Waals surface area contributed by atoms with Crippen LogP contribution in [0.1, 0.15) is 38.5 Å². The van der Waals surface area contributed by atoms with Gasteiger partial charge in [0.05, 0.1) is 5.39 Å². The van der Waals surface area contributed by atoms with Gasteiger partial charge in [0.15, 0.2) is 11.6 Å². The number of nitrogens with zero attached hydrogens (tertiary/aromatic N) is 5. The summed E-state index contributed by atoms with van der Waals surface area (Å²) in [7, 11) is 0.